The van der Waals surface area contributed by atoms with Crippen LogP contribution >= 0.6 is 0 Å². The molecule has 0 radical (unpaired) electrons. The molecule has 0 aliphatic carbocycles. The molecule has 1 amide bonds. The number of nitrogens with one attached hydrogen (secondary N) is 1. The summed E-state index contributed by atoms with van der Waals surface area (Å²) in [5.74, 6) is -0.288. The van der Waals surface area contributed by atoms with Gasteiger partial charge in [0.05, 0.1) is 28.0 Å². The van der Waals surface area contributed by atoms with Crippen LogP contribution in [0.1, 0.15) is 40.9 Å². The van der Waals surface area contributed by atoms with Gasteiger partial charge in [0, 0.05) is 18.8 Å². The van der Waals surface area contributed by atoms with Crippen molar-refractivity contribution in [2.24, 2.45) is 0 Å². The van der Waals surface area contributed by atoms with Crippen LogP contribution in [-0.4, -0.2) is 41.5 Å². The van der Waals surface area contributed by atoms with Crippen molar-refractivity contribution in [3.05, 3.63) is 71.5 Å². The second kappa shape index (κ2) is 8.64. The van der Waals surface area contributed by atoms with E-state index < -0.39 is 10.0 Å². The molecular weight excluding hydrogens is 412 g/mol. The SMILES string of the molecule is Cc1ccccc1-n1ncc(C(=O)Nc2ccc(S(=O)(=O)N3CCCCC3)cc2)c1C. The van der Waals surface area contributed by atoms with Gasteiger partial charge in [-0.1, -0.05) is 24.6 Å². The van der Waals surface area contributed by atoms with Crippen molar-refractivity contribution in [2.75, 3.05) is 18.4 Å². The van der Waals surface area contributed by atoms with Gasteiger partial charge in [-0.2, -0.15) is 9.40 Å². The predicted octanol–water partition coefficient (Wildman–Crippen LogP) is 3.92. The molecule has 8 heteroatoms. The number of carbonyl (C=O) groups excluding carboxylic acids is 1. The first-order valence-corrected chi connectivity index (χ1v) is 11.8. The maximum atomic E-state index is 12.8. The zero-order valence-electron chi connectivity index (χ0n) is 17.7. The van der Waals surface area contributed by atoms with E-state index in [-0.39, 0.29) is 10.8 Å². The van der Waals surface area contributed by atoms with Crippen LogP contribution in [0.5, 0.6) is 0 Å². The monoisotopic (exact) mass is 438 g/mol. The highest BCUT2D eigenvalue weighted by Gasteiger charge is 2.25. The molecule has 0 atom stereocenters. The van der Waals surface area contributed by atoms with E-state index in [2.05, 4.69) is 10.4 Å². The fraction of sp³-hybridized carbons (Fsp3) is 0.304. The van der Waals surface area contributed by atoms with Gasteiger partial charge in [0.25, 0.3) is 5.91 Å². The minimum absolute atomic E-state index is 0.246. The lowest BCUT2D eigenvalue weighted by Gasteiger charge is -2.25. The van der Waals surface area contributed by atoms with Gasteiger partial charge in [0.2, 0.25) is 10.0 Å². The minimum Gasteiger partial charge on any atom is -0.322 e. The van der Waals surface area contributed by atoms with Crippen molar-refractivity contribution < 1.29 is 13.2 Å². The van der Waals surface area contributed by atoms with Gasteiger partial charge in [-0.25, -0.2) is 13.1 Å². The Hall–Kier alpha value is -2.97. The van der Waals surface area contributed by atoms with Crippen LogP contribution in [0, 0.1) is 13.8 Å². The highest BCUT2D eigenvalue weighted by Crippen LogP contribution is 2.23. The first-order valence-electron chi connectivity index (χ1n) is 10.4. The highest BCUT2D eigenvalue weighted by molar-refractivity contribution is 7.89. The number of piperidine rings is 1. The van der Waals surface area contributed by atoms with Gasteiger partial charge >= 0.3 is 0 Å². The number of anilines is 1. The Morgan fingerprint density at radius 2 is 1.65 bits per heavy atom. The normalized spacial score (nSPS) is 15.0. The number of hydrogen-bond acceptors (Lipinski definition) is 4. The smallest absolute Gasteiger partial charge is 0.259 e. The summed E-state index contributed by atoms with van der Waals surface area (Å²) in [7, 11) is -3.49. The quantitative estimate of drug-likeness (QED) is 0.654. The van der Waals surface area contributed by atoms with Crippen molar-refractivity contribution >= 4 is 21.6 Å². The number of carbonyl (C=O) groups is 1. The number of nitrogens with zero attached hydrogens (tertiary/aromatic N) is 3. The lowest BCUT2D eigenvalue weighted by molar-refractivity contribution is 0.102. The molecule has 1 N–H and O–H groups in total. The predicted molar refractivity (Wildman–Crippen MR) is 120 cm³/mol. The average molecular weight is 439 g/mol. The Kier molecular flexibility index (Phi) is 5.93. The molecule has 4 rings (SSSR count). The molecule has 1 aliphatic heterocycles. The Labute approximate surface area is 182 Å². The maximum absolute atomic E-state index is 12.8. The fourth-order valence-corrected chi connectivity index (χ4v) is 5.36. The molecule has 162 valence electrons. The summed E-state index contributed by atoms with van der Waals surface area (Å²) in [5.41, 5.74) is 3.72. The average Bonchev–Trinajstić information content (AvgIpc) is 3.16. The molecule has 2 aromatic carbocycles. The van der Waals surface area contributed by atoms with Gasteiger partial charge in [-0.3, -0.25) is 4.79 Å². The van der Waals surface area contributed by atoms with E-state index in [1.54, 1.807) is 35.1 Å². The van der Waals surface area contributed by atoms with Gasteiger partial charge in [-0.15, -0.1) is 0 Å². The summed E-state index contributed by atoms with van der Waals surface area (Å²) in [6.45, 7) is 4.97. The largest absolute Gasteiger partial charge is 0.322 e. The number of rotatable bonds is 5. The van der Waals surface area contributed by atoms with Crippen LogP contribution in [0.3, 0.4) is 0 Å². The third kappa shape index (κ3) is 4.26. The first kappa shape index (κ1) is 21.3. The molecule has 3 aromatic rings. The zero-order chi connectivity index (χ0) is 22.0. The zero-order valence-corrected chi connectivity index (χ0v) is 18.5. The van der Waals surface area contributed by atoms with Crippen molar-refractivity contribution in [2.45, 2.75) is 38.0 Å². The third-order valence-corrected chi connectivity index (χ3v) is 7.58. The molecular formula is C23H26N4O3S. The molecule has 0 saturated carbocycles. The van der Waals surface area contributed by atoms with E-state index in [4.69, 9.17) is 0 Å². The van der Waals surface area contributed by atoms with Crippen molar-refractivity contribution in [3.63, 3.8) is 0 Å². The molecule has 7 nitrogen and oxygen atoms in total. The van der Waals surface area contributed by atoms with Crippen molar-refractivity contribution in [3.8, 4) is 5.69 Å². The van der Waals surface area contributed by atoms with E-state index in [1.807, 2.05) is 38.1 Å². The van der Waals surface area contributed by atoms with E-state index in [1.165, 1.54) is 4.31 Å². The van der Waals surface area contributed by atoms with Crippen molar-refractivity contribution in [1.29, 1.82) is 0 Å². The molecule has 1 aromatic heterocycles. The first-order chi connectivity index (χ1) is 14.9. The van der Waals surface area contributed by atoms with E-state index in [9.17, 15) is 13.2 Å². The summed E-state index contributed by atoms with van der Waals surface area (Å²) in [6.07, 6.45) is 4.40. The number of amides is 1. The van der Waals surface area contributed by atoms with E-state index in [0.717, 1.165) is 36.2 Å². The molecule has 0 unspecified atom stereocenters. The lowest BCUT2D eigenvalue weighted by Crippen LogP contribution is -2.35. The molecule has 1 fully saturated rings. The summed E-state index contributed by atoms with van der Waals surface area (Å²) in [5, 5.41) is 7.21. The summed E-state index contributed by atoms with van der Waals surface area (Å²) < 4.78 is 28.8. The fourth-order valence-electron chi connectivity index (χ4n) is 3.84. The summed E-state index contributed by atoms with van der Waals surface area (Å²) >= 11 is 0. The van der Waals surface area contributed by atoms with Gasteiger partial charge in [0.1, 0.15) is 0 Å². The second-order valence-electron chi connectivity index (χ2n) is 7.79. The number of benzene rings is 2. The van der Waals surface area contributed by atoms with E-state index >= 15 is 0 Å². The topological polar surface area (TPSA) is 84.3 Å². The summed E-state index contributed by atoms with van der Waals surface area (Å²) in [6, 6.07) is 14.2. The molecule has 31 heavy (non-hydrogen) atoms. The number of para-hydroxylation sites is 1. The van der Waals surface area contributed by atoms with Gasteiger partial charge in [0.15, 0.2) is 0 Å². The standard InChI is InChI=1S/C23H26N4O3S/c1-17-8-4-5-9-22(17)27-18(2)21(16-24-27)23(28)25-19-10-12-20(13-11-19)31(29,30)26-14-6-3-7-15-26/h4-5,8-13,16H,3,6-7,14-15H2,1-2H3,(H,25,28). The van der Waals surface area contributed by atoms with E-state index in [0.29, 0.717) is 24.3 Å². The maximum Gasteiger partial charge on any atom is 0.259 e. The molecule has 0 spiro atoms. The van der Waals surface area contributed by atoms with Crippen LogP contribution < -0.4 is 5.32 Å². The number of aryl methyl sites for hydroxylation is 1. The van der Waals surface area contributed by atoms with Crippen LogP contribution in [0.15, 0.2) is 59.6 Å². The molecule has 1 aliphatic rings. The molecule has 1 saturated heterocycles. The molecule has 2 heterocycles. The highest BCUT2D eigenvalue weighted by atomic mass is 32.2. The lowest BCUT2D eigenvalue weighted by atomic mass is 10.2. The van der Waals surface area contributed by atoms with Crippen LogP contribution in [-0.2, 0) is 10.0 Å². The van der Waals surface area contributed by atoms with Crippen LogP contribution in [0.25, 0.3) is 5.69 Å². The molecule has 0 bridgehead atoms. The number of aromatic nitrogens is 2. The third-order valence-electron chi connectivity index (χ3n) is 5.66. The minimum atomic E-state index is -3.49. The number of hydrogen-bond donors (Lipinski definition) is 1. The Balaban J connectivity index is 1.50. The number of sulfonamides is 1. The van der Waals surface area contributed by atoms with Crippen molar-refractivity contribution in [1.82, 2.24) is 14.1 Å². The van der Waals surface area contributed by atoms with Gasteiger partial charge < -0.3 is 5.32 Å². The second-order valence-corrected chi connectivity index (χ2v) is 9.72. The Bertz CT molecular complexity index is 1190. The Morgan fingerprint density at radius 1 is 0.968 bits per heavy atom. The van der Waals surface area contributed by atoms with Crippen LogP contribution in [0.4, 0.5) is 5.69 Å². The van der Waals surface area contributed by atoms with Gasteiger partial charge in [-0.05, 0) is 62.6 Å². The van der Waals surface area contributed by atoms with Crippen LogP contribution in [0.2, 0.25) is 0 Å². The summed E-state index contributed by atoms with van der Waals surface area (Å²) in [4.78, 5) is 13.0. The Morgan fingerprint density at radius 3 is 2.32 bits per heavy atom.